The molecule has 0 saturated heterocycles. The van der Waals surface area contributed by atoms with Gasteiger partial charge in [0, 0.05) is 52.8 Å². The van der Waals surface area contributed by atoms with E-state index in [1.165, 1.54) is 53.0 Å². The summed E-state index contributed by atoms with van der Waals surface area (Å²) < 4.78 is 2.31. The van der Waals surface area contributed by atoms with E-state index >= 15 is 0 Å². The third-order valence-corrected chi connectivity index (χ3v) is 14.7. The Morgan fingerprint density at radius 2 is 1.10 bits per heavy atom. The monoisotopic (exact) mass is 804 g/mol. The van der Waals surface area contributed by atoms with Crippen LogP contribution in [0.25, 0.3) is 84.6 Å². The van der Waals surface area contributed by atoms with E-state index in [1.54, 1.807) is 0 Å². The average Bonchev–Trinajstić information content (AvgIpc) is 3.74. The number of aromatic nitrogens is 2. The minimum atomic E-state index is -0.0908. The molecule has 0 unspecified atom stereocenters. The quantitative estimate of drug-likeness (QED) is 0.160. The lowest BCUT2D eigenvalue weighted by Crippen LogP contribution is -2.15. The summed E-state index contributed by atoms with van der Waals surface area (Å²) in [5.41, 5.74) is 18.2. The Bertz CT molecular complexity index is 3150. The van der Waals surface area contributed by atoms with Crippen LogP contribution in [0.15, 0.2) is 203 Å². The standard InChI is InChI=1S/C56H40N2S2/c1-5-42-45-30-38(37-24-26-46-43(29-37)44-33-54-55(34-47(44)56(46,3)4)60-53-23-14-13-22-52(53)59-54)25-27-51(45)58(50(42)6-2)41-21-15-20-39(28-41)49-32-40(35-16-9-7-10-17-35)31-48(57-49)36-18-11-8-12-19-36/h5-34H,1-2H2,3-4H3. The number of hydrogen-bond acceptors (Lipinski definition) is 3. The van der Waals surface area contributed by atoms with Crippen molar-refractivity contribution >= 4 is 46.6 Å². The molecule has 286 valence electrons. The molecule has 0 radical (unpaired) electrons. The highest BCUT2D eigenvalue weighted by Crippen LogP contribution is 2.56. The van der Waals surface area contributed by atoms with Crippen molar-refractivity contribution in [3.05, 3.63) is 205 Å². The molecule has 0 spiro atoms. The second-order valence-electron chi connectivity index (χ2n) is 16.1. The van der Waals surface area contributed by atoms with Crippen LogP contribution in [0.3, 0.4) is 0 Å². The zero-order valence-electron chi connectivity index (χ0n) is 33.4. The first-order valence-electron chi connectivity index (χ1n) is 20.3. The van der Waals surface area contributed by atoms with Gasteiger partial charge in [0.25, 0.3) is 0 Å². The van der Waals surface area contributed by atoms with Crippen LogP contribution < -0.4 is 0 Å². The van der Waals surface area contributed by atoms with Crippen molar-refractivity contribution in [2.75, 3.05) is 0 Å². The maximum absolute atomic E-state index is 5.24. The van der Waals surface area contributed by atoms with Gasteiger partial charge < -0.3 is 4.57 Å². The highest BCUT2D eigenvalue weighted by atomic mass is 32.2. The molecule has 0 amide bonds. The normalized spacial score (nSPS) is 13.3. The van der Waals surface area contributed by atoms with E-state index in [0.29, 0.717) is 0 Å². The molecule has 11 rings (SSSR count). The van der Waals surface area contributed by atoms with Crippen molar-refractivity contribution < 1.29 is 0 Å². The minimum Gasteiger partial charge on any atom is -0.309 e. The fourth-order valence-corrected chi connectivity index (χ4v) is 11.5. The Labute approximate surface area is 360 Å². The lowest BCUT2D eigenvalue weighted by atomic mass is 9.82. The van der Waals surface area contributed by atoms with Crippen molar-refractivity contribution in [1.29, 1.82) is 0 Å². The summed E-state index contributed by atoms with van der Waals surface area (Å²) in [5.74, 6) is 0. The Hall–Kier alpha value is -6.59. The fourth-order valence-electron chi connectivity index (χ4n) is 9.20. The second-order valence-corrected chi connectivity index (χ2v) is 18.2. The summed E-state index contributed by atoms with van der Waals surface area (Å²) in [6.45, 7) is 13.3. The molecule has 0 atom stereocenters. The third kappa shape index (κ3) is 5.93. The molecule has 0 saturated carbocycles. The van der Waals surface area contributed by atoms with Gasteiger partial charge in [-0.25, -0.2) is 4.98 Å². The Morgan fingerprint density at radius 1 is 0.483 bits per heavy atom. The van der Waals surface area contributed by atoms with Crippen LogP contribution in [-0.2, 0) is 5.41 Å². The lowest BCUT2D eigenvalue weighted by Gasteiger charge is -2.24. The smallest absolute Gasteiger partial charge is 0.0716 e. The first kappa shape index (κ1) is 36.5. The molecule has 1 aliphatic carbocycles. The molecule has 0 bridgehead atoms. The van der Waals surface area contributed by atoms with Crippen molar-refractivity contribution in [3.63, 3.8) is 0 Å². The van der Waals surface area contributed by atoms with Crippen molar-refractivity contribution in [2.45, 2.75) is 38.8 Å². The predicted octanol–water partition coefficient (Wildman–Crippen LogP) is 15.9. The summed E-state index contributed by atoms with van der Waals surface area (Å²) >= 11 is 3.78. The van der Waals surface area contributed by atoms with E-state index in [9.17, 15) is 0 Å². The van der Waals surface area contributed by atoms with Gasteiger partial charge in [0.2, 0.25) is 0 Å². The zero-order chi connectivity index (χ0) is 40.5. The molecule has 4 heteroatoms. The van der Waals surface area contributed by atoms with E-state index in [4.69, 9.17) is 4.98 Å². The Kier molecular flexibility index (Phi) is 8.70. The van der Waals surface area contributed by atoms with Crippen LogP contribution in [0.5, 0.6) is 0 Å². The molecule has 2 aromatic heterocycles. The van der Waals surface area contributed by atoms with Gasteiger partial charge >= 0.3 is 0 Å². The summed E-state index contributed by atoms with van der Waals surface area (Å²) in [6, 6.07) is 61.6. The van der Waals surface area contributed by atoms with Crippen LogP contribution in [0.4, 0.5) is 0 Å². The molecular weight excluding hydrogens is 765 g/mol. The highest BCUT2D eigenvalue weighted by Gasteiger charge is 2.37. The molecule has 0 N–H and O–H groups in total. The highest BCUT2D eigenvalue weighted by molar-refractivity contribution is 8.05. The van der Waals surface area contributed by atoms with Crippen molar-refractivity contribution in [2.24, 2.45) is 0 Å². The number of pyridine rings is 1. The number of benzene rings is 7. The lowest BCUT2D eigenvalue weighted by molar-refractivity contribution is 0.657. The van der Waals surface area contributed by atoms with E-state index in [0.717, 1.165) is 61.5 Å². The third-order valence-electron chi connectivity index (χ3n) is 12.2. The Morgan fingerprint density at radius 3 is 1.82 bits per heavy atom. The molecule has 2 aliphatic rings. The van der Waals surface area contributed by atoms with Gasteiger partial charge in [-0.3, -0.25) is 0 Å². The Balaban J connectivity index is 1.00. The molecule has 0 fully saturated rings. The number of fused-ring (bicyclic) bond motifs is 6. The van der Waals surface area contributed by atoms with Crippen molar-refractivity contribution in [1.82, 2.24) is 9.55 Å². The molecule has 1 aliphatic heterocycles. The summed E-state index contributed by atoms with van der Waals surface area (Å²) in [4.78, 5) is 10.6. The fraction of sp³-hybridized carbons (Fsp3) is 0.0536. The van der Waals surface area contributed by atoms with Crippen LogP contribution in [0, 0.1) is 0 Å². The second kappa shape index (κ2) is 14.3. The molecule has 9 aromatic rings. The van der Waals surface area contributed by atoms with Gasteiger partial charge in [-0.2, -0.15) is 0 Å². The maximum Gasteiger partial charge on any atom is 0.0716 e. The summed E-state index contributed by atoms with van der Waals surface area (Å²) in [6.07, 6.45) is 3.92. The summed E-state index contributed by atoms with van der Waals surface area (Å²) in [7, 11) is 0. The van der Waals surface area contributed by atoms with E-state index in [2.05, 4.69) is 195 Å². The predicted molar refractivity (Wildman–Crippen MR) is 255 cm³/mol. The van der Waals surface area contributed by atoms with E-state index < -0.39 is 0 Å². The van der Waals surface area contributed by atoms with Gasteiger partial charge in [-0.1, -0.05) is 160 Å². The van der Waals surface area contributed by atoms with Crippen LogP contribution in [0.1, 0.15) is 36.2 Å². The van der Waals surface area contributed by atoms with Gasteiger partial charge in [-0.15, -0.1) is 0 Å². The van der Waals surface area contributed by atoms with Gasteiger partial charge in [0.15, 0.2) is 0 Å². The number of hydrogen-bond donors (Lipinski definition) is 0. The van der Waals surface area contributed by atoms with Crippen molar-refractivity contribution in [3.8, 4) is 61.6 Å². The first-order valence-corrected chi connectivity index (χ1v) is 22.0. The molecule has 3 heterocycles. The van der Waals surface area contributed by atoms with Gasteiger partial charge in [-0.05, 0) is 117 Å². The van der Waals surface area contributed by atoms with E-state index in [1.807, 2.05) is 41.7 Å². The van der Waals surface area contributed by atoms with E-state index in [-0.39, 0.29) is 5.41 Å². The molecule has 60 heavy (non-hydrogen) atoms. The molecule has 7 aromatic carbocycles. The minimum absolute atomic E-state index is 0.0908. The number of rotatable bonds is 7. The maximum atomic E-state index is 5.24. The first-order chi connectivity index (χ1) is 29.4. The van der Waals surface area contributed by atoms with Gasteiger partial charge in [0.05, 0.1) is 22.6 Å². The summed E-state index contributed by atoms with van der Waals surface area (Å²) in [5, 5.41) is 1.14. The van der Waals surface area contributed by atoms with Crippen LogP contribution in [-0.4, -0.2) is 9.55 Å². The SMILES string of the molecule is C=Cc1c(C=C)n(-c2cccc(-c3cc(-c4ccccc4)cc(-c4ccccc4)n3)c2)c2ccc(-c3ccc4c(c3)-c3cc5c(cc3C4(C)C)Sc3ccccc3S5)cc12. The number of nitrogens with zero attached hydrogens (tertiary/aromatic N) is 2. The van der Waals surface area contributed by atoms with Gasteiger partial charge in [0.1, 0.15) is 0 Å². The molecule has 2 nitrogen and oxygen atoms in total. The van der Waals surface area contributed by atoms with Crippen LogP contribution >= 0.6 is 23.5 Å². The largest absolute Gasteiger partial charge is 0.309 e. The average molecular weight is 805 g/mol. The topological polar surface area (TPSA) is 17.8 Å². The van der Waals surface area contributed by atoms with Crippen LogP contribution in [0.2, 0.25) is 0 Å². The molecular formula is C56H40N2S2. The zero-order valence-corrected chi connectivity index (χ0v) is 35.1.